The summed E-state index contributed by atoms with van der Waals surface area (Å²) in [5.41, 5.74) is 0. The first-order chi connectivity index (χ1) is 8.25. The fourth-order valence-corrected chi connectivity index (χ4v) is 1.81. The molecule has 5 heteroatoms. The largest absolute Gasteiger partial charge is 0.512 e. The SMILES string of the molecule is CCC(CC)C(=O)/C=C(\O)C(CC)CC(F)(F)F. The molecule has 0 aliphatic heterocycles. The van der Waals surface area contributed by atoms with Crippen molar-refractivity contribution in [3.8, 4) is 0 Å². The van der Waals surface area contributed by atoms with Gasteiger partial charge in [0.15, 0.2) is 5.78 Å². The van der Waals surface area contributed by atoms with Crippen LogP contribution in [0, 0.1) is 11.8 Å². The first-order valence-corrected chi connectivity index (χ1v) is 6.26. The van der Waals surface area contributed by atoms with Crippen LogP contribution >= 0.6 is 0 Å². The second-order valence-corrected chi connectivity index (χ2v) is 4.41. The monoisotopic (exact) mass is 266 g/mol. The highest BCUT2D eigenvalue weighted by atomic mass is 19.4. The number of halogens is 3. The lowest BCUT2D eigenvalue weighted by Crippen LogP contribution is -2.18. The number of allylic oxidation sites excluding steroid dienone is 2. The Hall–Kier alpha value is -1.00. The van der Waals surface area contributed by atoms with Crippen LogP contribution in [0.5, 0.6) is 0 Å². The molecule has 0 radical (unpaired) electrons. The van der Waals surface area contributed by atoms with Crippen LogP contribution in [0.1, 0.15) is 46.5 Å². The molecule has 2 nitrogen and oxygen atoms in total. The smallest absolute Gasteiger partial charge is 0.389 e. The first-order valence-electron chi connectivity index (χ1n) is 6.26. The van der Waals surface area contributed by atoms with Gasteiger partial charge in [-0.1, -0.05) is 20.8 Å². The van der Waals surface area contributed by atoms with Crippen LogP contribution in [0.3, 0.4) is 0 Å². The van der Waals surface area contributed by atoms with E-state index < -0.39 is 24.3 Å². The van der Waals surface area contributed by atoms with E-state index in [0.717, 1.165) is 6.08 Å². The summed E-state index contributed by atoms with van der Waals surface area (Å²) in [5, 5.41) is 9.62. The van der Waals surface area contributed by atoms with E-state index in [1.165, 1.54) is 0 Å². The van der Waals surface area contributed by atoms with E-state index in [-0.39, 0.29) is 18.1 Å². The molecule has 1 N–H and O–H groups in total. The number of aliphatic hydroxyl groups is 1. The van der Waals surface area contributed by atoms with Gasteiger partial charge in [0, 0.05) is 17.9 Å². The van der Waals surface area contributed by atoms with E-state index in [9.17, 15) is 23.1 Å². The number of carbonyl (C=O) groups is 1. The fraction of sp³-hybridized carbons (Fsp3) is 0.769. The third-order valence-electron chi connectivity index (χ3n) is 3.07. The second-order valence-electron chi connectivity index (χ2n) is 4.41. The van der Waals surface area contributed by atoms with Gasteiger partial charge >= 0.3 is 6.18 Å². The van der Waals surface area contributed by atoms with Crippen LogP contribution in [0.2, 0.25) is 0 Å². The zero-order valence-electron chi connectivity index (χ0n) is 11.0. The minimum atomic E-state index is -4.33. The highest BCUT2D eigenvalue weighted by Crippen LogP contribution is 2.30. The number of carbonyl (C=O) groups excluding carboxylic acids is 1. The van der Waals surface area contributed by atoms with Crippen molar-refractivity contribution in [2.45, 2.75) is 52.6 Å². The lowest BCUT2D eigenvalue weighted by molar-refractivity contribution is -0.144. The summed E-state index contributed by atoms with van der Waals surface area (Å²) in [6, 6.07) is 0. The van der Waals surface area contributed by atoms with E-state index in [1.54, 1.807) is 6.92 Å². The van der Waals surface area contributed by atoms with Crippen molar-refractivity contribution in [3.63, 3.8) is 0 Å². The van der Waals surface area contributed by atoms with Gasteiger partial charge in [0.1, 0.15) is 0 Å². The Bertz CT molecular complexity index is 291. The topological polar surface area (TPSA) is 37.3 Å². The maximum Gasteiger partial charge on any atom is 0.389 e. The minimum Gasteiger partial charge on any atom is -0.512 e. The van der Waals surface area contributed by atoms with Crippen molar-refractivity contribution in [3.05, 3.63) is 11.8 Å². The summed E-state index contributed by atoms with van der Waals surface area (Å²) in [6.45, 7) is 5.23. The van der Waals surface area contributed by atoms with Crippen molar-refractivity contribution in [2.75, 3.05) is 0 Å². The van der Waals surface area contributed by atoms with Crippen molar-refractivity contribution < 1.29 is 23.1 Å². The molecule has 1 atom stereocenters. The number of alkyl halides is 3. The normalized spacial score (nSPS) is 14.9. The van der Waals surface area contributed by atoms with Crippen molar-refractivity contribution in [1.82, 2.24) is 0 Å². The van der Waals surface area contributed by atoms with Crippen LogP contribution in [-0.2, 0) is 4.79 Å². The molecule has 0 spiro atoms. The van der Waals surface area contributed by atoms with Crippen molar-refractivity contribution in [2.24, 2.45) is 11.8 Å². The Balaban J connectivity index is 4.77. The molecule has 0 aliphatic rings. The van der Waals surface area contributed by atoms with Gasteiger partial charge in [-0.15, -0.1) is 0 Å². The Morgan fingerprint density at radius 2 is 1.56 bits per heavy atom. The lowest BCUT2D eigenvalue weighted by Gasteiger charge is -2.17. The van der Waals surface area contributed by atoms with Gasteiger partial charge in [-0.3, -0.25) is 4.79 Å². The highest BCUT2D eigenvalue weighted by Gasteiger charge is 2.33. The van der Waals surface area contributed by atoms with Gasteiger partial charge < -0.3 is 5.11 Å². The molecule has 0 saturated heterocycles. The van der Waals surface area contributed by atoms with Crippen LogP contribution in [0.25, 0.3) is 0 Å². The maximum absolute atomic E-state index is 12.3. The summed E-state index contributed by atoms with van der Waals surface area (Å²) in [6.07, 6.45) is -3.07. The minimum absolute atomic E-state index is 0.151. The summed E-state index contributed by atoms with van der Waals surface area (Å²) in [7, 11) is 0. The van der Waals surface area contributed by atoms with Crippen LogP contribution in [-0.4, -0.2) is 17.1 Å². The number of hydrogen-bond donors (Lipinski definition) is 1. The Labute approximate surface area is 106 Å². The number of ketones is 1. The maximum atomic E-state index is 12.3. The molecule has 0 fully saturated rings. The molecule has 0 saturated carbocycles. The molecular formula is C13H21F3O2. The molecule has 0 bridgehead atoms. The average Bonchev–Trinajstić information content (AvgIpc) is 2.26. The van der Waals surface area contributed by atoms with Crippen molar-refractivity contribution in [1.29, 1.82) is 0 Å². The van der Waals surface area contributed by atoms with E-state index in [1.807, 2.05) is 13.8 Å². The number of aliphatic hydroxyl groups excluding tert-OH is 1. The molecule has 0 aromatic heterocycles. The van der Waals surface area contributed by atoms with Crippen molar-refractivity contribution >= 4 is 5.78 Å². The summed E-state index contributed by atoms with van der Waals surface area (Å²) < 4.78 is 36.8. The molecule has 106 valence electrons. The number of hydrogen-bond acceptors (Lipinski definition) is 2. The van der Waals surface area contributed by atoms with E-state index in [0.29, 0.717) is 12.8 Å². The van der Waals surface area contributed by atoms with Gasteiger partial charge in [0.25, 0.3) is 0 Å². The zero-order valence-corrected chi connectivity index (χ0v) is 11.0. The summed E-state index contributed by atoms with van der Waals surface area (Å²) in [4.78, 5) is 11.7. The van der Waals surface area contributed by atoms with E-state index in [4.69, 9.17) is 0 Å². The first kappa shape index (κ1) is 17.0. The summed E-state index contributed by atoms with van der Waals surface area (Å²) >= 11 is 0. The molecule has 0 aliphatic carbocycles. The summed E-state index contributed by atoms with van der Waals surface area (Å²) in [5.74, 6) is -2.00. The fourth-order valence-electron chi connectivity index (χ4n) is 1.81. The Morgan fingerprint density at radius 1 is 1.11 bits per heavy atom. The van der Waals surface area contributed by atoms with Crippen LogP contribution in [0.4, 0.5) is 13.2 Å². The Morgan fingerprint density at radius 3 is 1.89 bits per heavy atom. The lowest BCUT2D eigenvalue weighted by atomic mass is 9.94. The van der Waals surface area contributed by atoms with E-state index in [2.05, 4.69) is 0 Å². The van der Waals surface area contributed by atoms with Gasteiger partial charge in [-0.05, 0) is 19.3 Å². The predicted molar refractivity (Wildman–Crippen MR) is 64.2 cm³/mol. The molecule has 0 heterocycles. The molecule has 0 amide bonds. The standard InChI is InChI=1S/C13H21F3O2/c1-4-9(5-2)11(17)7-12(18)10(6-3)8-13(14,15)16/h7,9-10,18H,4-6,8H2,1-3H3/b12-7-. The average molecular weight is 266 g/mol. The molecule has 0 aromatic rings. The van der Waals surface area contributed by atoms with Gasteiger partial charge in [-0.25, -0.2) is 0 Å². The van der Waals surface area contributed by atoms with Gasteiger partial charge in [0.2, 0.25) is 0 Å². The third-order valence-corrected chi connectivity index (χ3v) is 3.07. The van der Waals surface area contributed by atoms with Crippen LogP contribution < -0.4 is 0 Å². The highest BCUT2D eigenvalue weighted by molar-refractivity contribution is 5.92. The number of rotatable bonds is 7. The van der Waals surface area contributed by atoms with E-state index >= 15 is 0 Å². The Kier molecular flexibility index (Phi) is 7.02. The molecule has 0 aromatic carbocycles. The predicted octanol–water partition coefficient (Wildman–Crippen LogP) is 4.41. The van der Waals surface area contributed by atoms with Gasteiger partial charge in [0.05, 0.1) is 12.2 Å². The zero-order chi connectivity index (χ0) is 14.3. The quantitative estimate of drug-likeness (QED) is 0.547. The van der Waals surface area contributed by atoms with Crippen LogP contribution in [0.15, 0.2) is 11.8 Å². The molecule has 18 heavy (non-hydrogen) atoms. The third kappa shape index (κ3) is 6.07. The molecule has 1 unspecified atom stereocenters. The molecule has 0 rings (SSSR count). The molecular weight excluding hydrogens is 245 g/mol. The van der Waals surface area contributed by atoms with Gasteiger partial charge in [-0.2, -0.15) is 13.2 Å². The second kappa shape index (κ2) is 7.44.